The van der Waals surface area contributed by atoms with Gasteiger partial charge in [-0.25, -0.2) is 24.5 Å². The summed E-state index contributed by atoms with van der Waals surface area (Å²) in [5.74, 6) is 0.151. The molecular weight excluding hydrogens is 837 g/mol. The number of carbonyl (C=O) groups is 4. The lowest BCUT2D eigenvalue weighted by atomic mass is 9.76. The van der Waals surface area contributed by atoms with Gasteiger partial charge in [0.15, 0.2) is 11.2 Å². The largest absolute Gasteiger partial charge is 0.432 e. The normalized spacial score (nSPS) is 15.2. The van der Waals surface area contributed by atoms with Gasteiger partial charge in [-0.15, -0.1) is 0 Å². The Morgan fingerprint density at radius 3 is 1.35 bits per heavy atom. The molecule has 0 aliphatic carbocycles. The fourth-order valence-corrected chi connectivity index (χ4v) is 7.14. The molecule has 0 radical (unpaired) electrons. The summed E-state index contributed by atoms with van der Waals surface area (Å²) in [6.07, 6.45) is -1.25. The number of carbonyl (C=O) groups excluding carboxylic acids is 4. The lowest BCUT2D eigenvalue weighted by Gasteiger charge is -2.42. The fourth-order valence-electron chi connectivity index (χ4n) is 7.14. The first-order valence-electron chi connectivity index (χ1n) is 22.1. The Balaban J connectivity index is 1.45. The lowest BCUT2D eigenvalue weighted by molar-refractivity contribution is -0.153. The average molecular weight is 905 g/mol. The highest BCUT2D eigenvalue weighted by molar-refractivity contribution is 5.90. The van der Waals surface area contributed by atoms with Crippen molar-refractivity contribution < 1.29 is 28.7 Å². The molecule has 0 aliphatic rings. The molecule has 0 saturated carbocycles. The third-order valence-electron chi connectivity index (χ3n) is 12.5. The maximum atomic E-state index is 14.1. The van der Waals surface area contributed by atoms with Gasteiger partial charge in [0.05, 0.1) is 39.8 Å². The van der Waals surface area contributed by atoms with Crippen LogP contribution in [0.5, 0.6) is 0 Å². The van der Waals surface area contributed by atoms with Crippen LogP contribution in [0.4, 0.5) is 9.59 Å². The summed E-state index contributed by atoms with van der Waals surface area (Å²) in [5.41, 5.74) is 0.122. The van der Waals surface area contributed by atoms with E-state index < -0.39 is 68.9 Å². The van der Waals surface area contributed by atoms with Crippen molar-refractivity contribution in [1.29, 1.82) is 5.26 Å². The molecule has 0 spiro atoms. The average Bonchev–Trinajstić information content (AvgIpc) is 3.82. The zero-order valence-electron chi connectivity index (χ0n) is 41.9. The van der Waals surface area contributed by atoms with E-state index in [1.54, 1.807) is 42.0 Å². The Morgan fingerprint density at radius 1 is 0.591 bits per heavy atom. The predicted octanol–water partition coefficient (Wildman–Crippen LogP) is 9.45. The van der Waals surface area contributed by atoms with E-state index in [4.69, 9.17) is 24.4 Å². The molecular formula is C50H68N10O6. The van der Waals surface area contributed by atoms with E-state index in [0.717, 1.165) is 11.1 Å². The number of hydrogen-bond donors (Lipinski definition) is 4. The van der Waals surface area contributed by atoms with E-state index >= 15 is 0 Å². The zero-order chi connectivity index (χ0) is 49.7. The summed E-state index contributed by atoms with van der Waals surface area (Å²) < 4.78 is 11.6. The quantitative estimate of drug-likeness (QED) is 0.104. The smallest absolute Gasteiger partial charge is 0.410 e. The first-order chi connectivity index (χ1) is 30.2. The number of H-pyrrole nitrogens is 2. The molecule has 5 aromatic rings. The van der Waals surface area contributed by atoms with Crippen LogP contribution in [0, 0.1) is 33.0 Å². The molecule has 2 aromatic carbocycles. The Hall–Kier alpha value is -6.50. The van der Waals surface area contributed by atoms with Gasteiger partial charge in [-0.05, 0) is 66.6 Å². The van der Waals surface area contributed by atoms with Crippen LogP contribution in [0.3, 0.4) is 0 Å². The van der Waals surface area contributed by atoms with Crippen LogP contribution in [0.15, 0.2) is 48.5 Å². The maximum absolute atomic E-state index is 14.1. The molecule has 4 amide bonds. The van der Waals surface area contributed by atoms with Crippen LogP contribution in [-0.2, 0) is 19.1 Å². The number of fused-ring (bicyclic) bond motifs is 2. The van der Waals surface area contributed by atoms with Gasteiger partial charge >= 0.3 is 12.2 Å². The van der Waals surface area contributed by atoms with Gasteiger partial charge in [0.1, 0.15) is 23.4 Å². The summed E-state index contributed by atoms with van der Waals surface area (Å²) in [4.78, 5) is 77.6. The number of imidazole rings is 2. The Bertz CT molecular complexity index is 2700. The molecule has 4 N–H and O–H groups in total. The molecule has 3 aromatic heterocycles. The van der Waals surface area contributed by atoms with E-state index in [1.165, 1.54) is 9.80 Å². The minimum Gasteiger partial charge on any atom is -0.432 e. The van der Waals surface area contributed by atoms with E-state index in [9.17, 15) is 24.4 Å². The summed E-state index contributed by atoms with van der Waals surface area (Å²) >= 11 is 0. The van der Waals surface area contributed by atoms with Crippen molar-refractivity contribution in [3.8, 4) is 28.5 Å². The molecule has 4 atom stereocenters. The van der Waals surface area contributed by atoms with Crippen LogP contribution >= 0.6 is 0 Å². The number of aromatic nitrogens is 5. The minimum atomic E-state index is -1.51. The predicted molar refractivity (Wildman–Crippen MR) is 256 cm³/mol. The molecule has 0 unspecified atom stereocenters. The van der Waals surface area contributed by atoms with Crippen molar-refractivity contribution in [2.45, 2.75) is 120 Å². The highest BCUT2D eigenvalue weighted by atomic mass is 16.6. The van der Waals surface area contributed by atoms with E-state index in [-0.39, 0.29) is 5.69 Å². The van der Waals surface area contributed by atoms with Gasteiger partial charge in [0.25, 0.3) is 11.8 Å². The van der Waals surface area contributed by atoms with Crippen molar-refractivity contribution in [3.05, 3.63) is 65.9 Å². The number of rotatable bonds is 10. The topological polar surface area (TPSA) is 211 Å². The summed E-state index contributed by atoms with van der Waals surface area (Å²) in [6, 6.07) is 16.1. The van der Waals surface area contributed by atoms with Crippen molar-refractivity contribution in [2.24, 2.45) is 21.7 Å². The summed E-state index contributed by atoms with van der Waals surface area (Å²) in [7, 11) is 6.28. The second kappa shape index (κ2) is 17.7. The first kappa shape index (κ1) is 50.5. The zero-order valence-corrected chi connectivity index (χ0v) is 41.9. The first-order valence-corrected chi connectivity index (χ1v) is 22.1. The minimum absolute atomic E-state index is 0.220. The van der Waals surface area contributed by atoms with Crippen LogP contribution < -0.4 is 10.6 Å². The Kier molecular flexibility index (Phi) is 13.6. The van der Waals surface area contributed by atoms with Gasteiger partial charge in [-0.2, -0.15) is 5.26 Å². The Labute approximate surface area is 388 Å². The monoisotopic (exact) mass is 905 g/mol. The summed E-state index contributed by atoms with van der Waals surface area (Å²) in [5, 5.41) is 16.7. The van der Waals surface area contributed by atoms with Crippen LogP contribution in [0.2, 0.25) is 0 Å². The third kappa shape index (κ3) is 10.1. The second-order valence-corrected chi connectivity index (χ2v) is 22.0. The number of ether oxygens (including phenoxy) is 2. The molecule has 5 rings (SSSR count). The second-order valence-electron chi connectivity index (χ2n) is 22.0. The number of aromatic amines is 2. The van der Waals surface area contributed by atoms with Crippen LogP contribution in [-0.4, -0.2) is 98.1 Å². The fraction of sp³-hybridized carbons (Fsp3) is 0.520. The number of nitriles is 1. The third-order valence-corrected chi connectivity index (χ3v) is 12.5. The highest BCUT2D eigenvalue weighted by Gasteiger charge is 2.51. The SMILES string of the molecule is CN(C)C(=O)O[C@@](C)(C(=O)N[C@H](c1nc2ccc(-c3ccc(-c4ccc5nc([C@@H](NC(=O)[C@](C)(OC(=O)N(C)C)C(C)(C)C)C(C)(C)C)[nH]c5c4)c(C#N)n3)cc2[nH]1)C(C)(C)C)C(C)(C)C. The molecule has 16 nitrogen and oxygen atoms in total. The van der Waals surface area contributed by atoms with Crippen molar-refractivity contribution in [2.75, 3.05) is 28.2 Å². The highest BCUT2D eigenvalue weighted by Crippen LogP contribution is 2.40. The molecule has 0 saturated heterocycles. The molecule has 16 heteroatoms. The number of benzene rings is 2. The van der Waals surface area contributed by atoms with Gasteiger partial charge in [0, 0.05) is 50.1 Å². The van der Waals surface area contributed by atoms with Gasteiger partial charge < -0.3 is 39.9 Å². The van der Waals surface area contributed by atoms with Crippen molar-refractivity contribution >= 4 is 46.1 Å². The number of nitrogens with zero attached hydrogens (tertiary/aromatic N) is 6. The number of amides is 4. The van der Waals surface area contributed by atoms with Gasteiger partial charge in [-0.3, -0.25) is 9.59 Å². The van der Waals surface area contributed by atoms with Crippen LogP contribution in [0.1, 0.15) is 126 Å². The Morgan fingerprint density at radius 2 is 0.985 bits per heavy atom. The van der Waals surface area contributed by atoms with Crippen molar-refractivity contribution in [3.63, 3.8) is 0 Å². The standard InChI is InChI=1S/C50H68N10O6/c1-45(2,3)37(57-41(61)49(13,47(7,8)9)65-43(63)59(15)16)39-53-32-22-19-28(25-34(32)55-39)30-21-24-31(52-36(30)27-51)29-20-23-33-35(26-29)56-40(54-33)38(46(4,5)6)58-42(62)50(14,48(10,11)12)66-44(64)60(17)18/h19-26,37-38H,1-18H3,(H,53,55)(H,54,56)(H,57,61)(H,58,62)/t37-,38-,49+,50+/m1/s1. The molecule has 0 fully saturated rings. The van der Waals surface area contributed by atoms with E-state index in [1.807, 2.05) is 132 Å². The number of pyridine rings is 1. The molecule has 0 bridgehead atoms. The summed E-state index contributed by atoms with van der Waals surface area (Å²) in [6.45, 7) is 26.3. The number of hydrogen-bond acceptors (Lipinski definition) is 10. The molecule has 0 aliphatic heterocycles. The lowest BCUT2D eigenvalue weighted by Crippen LogP contribution is -2.58. The van der Waals surface area contributed by atoms with Gasteiger partial charge in [-0.1, -0.05) is 95.2 Å². The van der Waals surface area contributed by atoms with Crippen molar-refractivity contribution in [1.82, 2.24) is 45.4 Å². The van der Waals surface area contributed by atoms with E-state index in [2.05, 4.69) is 26.7 Å². The van der Waals surface area contributed by atoms with E-state index in [0.29, 0.717) is 45.0 Å². The van der Waals surface area contributed by atoms with Gasteiger partial charge in [0.2, 0.25) is 0 Å². The molecule has 354 valence electrons. The van der Waals surface area contributed by atoms with Crippen LogP contribution in [0.25, 0.3) is 44.5 Å². The molecule has 3 heterocycles. The molecule has 66 heavy (non-hydrogen) atoms. The maximum Gasteiger partial charge on any atom is 0.410 e. The number of nitrogens with one attached hydrogen (secondary N) is 4.